The third kappa shape index (κ3) is 6.70. The Hall–Kier alpha value is -4.34. The van der Waals surface area contributed by atoms with Crippen LogP contribution in [0.4, 0.5) is 5.69 Å². The van der Waals surface area contributed by atoms with Gasteiger partial charge in [-0.1, -0.05) is 109 Å². The van der Waals surface area contributed by atoms with Crippen molar-refractivity contribution < 1.29 is 0 Å². The number of benzene rings is 6. The first-order valence-electron chi connectivity index (χ1n) is 14.6. The fourth-order valence-corrected chi connectivity index (χ4v) is 6.03. The molecule has 7 aromatic rings. The fourth-order valence-electron chi connectivity index (χ4n) is 5.31. The van der Waals surface area contributed by atoms with Crippen LogP contribution in [0.1, 0.15) is 0 Å². The number of aromatic nitrogens is 2. The van der Waals surface area contributed by atoms with E-state index >= 15 is 0 Å². The van der Waals surface area contributed by atoms with E-state index in [1.54, 1.807) is 0 Å². The van der Waals surface area contributed by atoms with Gasteiger partial charge in [-0.15, -0.1) is 0 Å². The molecule has 0 atom stereocenters. The molecule has 3 nitrogen and oxygen atoms in total. The second-order valence-electron chi connectivity index (χ2n) is 10.8. The first-order valence-corrected chi connectivity index (χ1v) is 16.7. The Kier molecular flexibility index (Phi) is 8.45. The van der Waals surface area contributed by atoms with Crippen LogP contribution in [0.5, 0.6) is 0 Å². The summed E-state index contributed by atoms with van der Waals surface area (Å²) in [5.74, 6) is 0.695. The highest BCUT2D eigenvalue weighted by Crippen LogP contribution is 2.32. The minimum atomic E-state index is 0.695. The van der Waals surface area contributed by atoms with E-state index in [0.29, 0.717) is 5.82 Å². The summed E-state index contributed by atoms with van der Waals surface area (Å²) in [4.78, 5) is 10.1. The standard InChI is InChI=1S/C40H27I2N3/c41-35-19-13-29(14-20-35)26-1-7-32(8-2-26)38-25-39(33-9-3-27(4-10-33)31-17-23-37(43)24-18-31)45-40(44-38)34-11-5-28(6-12-34)30-15-21-36(42)22-16-30/h1-25H,43H2. The molecular weight excluding hydrogens is 776 g/mol. The van der Waals surface area contributed by atoms with Crippen molar-refractivity contribution in [2.45, 2.75) is 0 Å². The van der Waals surface area contributed by atoms with Gasteiger partial charge in [-0.3, -0.25) is 0 Å². The van der Waals surface area contributed by atoms with Crippen LogP contribution in [-0.4, -0.2) is 9.97 Å². The van der Waals surface area contributed by atoms with Crippen LogP contribution in [0, 0.1) is 7.14 Å². The third-order valence-corrected chi connectivity index (χ3v) is 9.27. The van der Waals surface area contributed by atoms with E-state index in [2.05, 4.69) is 173 Å². The smallest absolute Gasteiger partial charge is 0.160 e. The second-order valence-corrected chi connectivity index (χ2v) is 13.3. The van der Waals surface area contributed by atoms with Crippen molar-refractivity contribution in [2.75, 3.05) is 5.73 Å². The molecule has 0 aliphatic rings. The molecule has 0 unspecified atom stereocenters. The van der Waals surface area contributed by atoms with E-state index in [0.717, 1.165) is 50.5 Å². The molecule has 0 spiro atoms. The molecule has 7 rings (SSSR count). The average Bonchev–Trinajstić information content (AvgIpc) is 3.09. The molecule has 0 radical (unpaired) electrons. The van der Waals surface area contributed by atoms with Gasteiger partial charge in [-0.05, 0) is 121 Å². The topological polar surface area (TPSA) is 51.8 Å². The molecule has 6 aromatic carbocycles. The minimum absolute atomic E-state index is 0.695. The summed E-state index contributed by atoms with van der Waals surface area (Å²) in [7, 11) is 0. The van der Waals surface area contributed by atoms with Gasteiger partial charge < -0.3 is 5.73 Å². The van der Waals surface area contributed by atoms with Gasteiger partial charge in [0.25, 0.3) is 0 Å². The lowest BCUT2D eigenvalue weighted by Gasteiger charge is -2.11. The van der Waals surface area contributed by atoms with Crippen LogP contribution < -0.4 is 5.73 Å². The first-order chi connectivity index (χ1) is 22.0. The van der Waals surface area contributed by atoms with E-state index in [9.17, 15) is 0 Å². The number of hydrogen-bond acceptors (Lipinski definition) is 3. The van der Waals surface area contributed by atoms with Crippen molar-refractivity contribution in [3.63, 3.8) is 0 Å². The molecule has 0 aliphatic carbocycles. The molecule has 0 saturated heterocycles. The SMILES string of the molecule is Nc1ccc(-c2ccc(-c3cc(-c4ccc(-c5ccc(I)cc5)cc4)nc(-c4ccc(-c5ccc(I)cc5)cc4)n3)cc2)cc1. The Labute approximate surface area is 290 Å². The molecule has 1 heterocycles. The largest absolute Gasteiger partial charge is 0.399 e. The van der Waals surface area contributed by atoms with E-state index in [-0.39, 0.29) is 0 Å². The second kappa shape index (κ2) is 12.9. The number of halogens is 2. The zero-order chi connectivity index (χ0) is 30.8. The zero-order valence-electron chi connectivity index (χ0n) is 24.2. The number of nitrogen functional groups attached to an aromatic ring is 1. The van der Waals surface area contributed by atoms with Crippen molar-refractivity contribution in [3.8, 4) is 67.3 Å². The lowest BCUT2D eigenvalue weighted by molar-refractivity contribution is 1.18. The quantitative estimate of drug-likeness (QED) is 0.135. The monoisotopic (exact) mass is 803 g/mol. The Bertz CT molecular complexity index is 1810. The molecular formula is C40H27I2N3. The summed E-state index contributed by atoms with van der Waals surface area (Å²) in [6.07, 6.45) is 0. The third-order valence-electron chi connectivity index (χ3n) is 7.83. The van der Waals surface area contributed by atoms with E-state index in [4.69, 9.17) is 15.7 Å². The Morgan fingerprint density at radius 2 is 0.600 bits per heavy atom. The molecule has 0 aliphatic heterocycles. The van der Waals surface area contributed by atoms with Crippen molar-refractivity contribution in [1.82, 2.24) is 9.97 Å². The van der Waals surface area contributed by atoms with Crippen LogP contribution in [0.3, 0.4) is 0 Å². The Morgan fingerprint density at radius 3 is 0.956 bits per heavy atom. The lowest BCUT2D eigenvalue weighted by atomic mass is 10.00. The summed E-state index contributed by atoms with van der Waals surface area (Å²) >= 11 is 4.67. The van der Waals surface area contributed by atoms with Crippen LogP contribution >= 0.6 is 45.2 Å². The number of rotatable bonds is 6. The summed E-state index contributed by atoms with van der Waals surface area (Å²) in [5.41, 5.74) is 18.4. The van der Waals surface area contributed by atoms with Crippen molar-refractivity contribution in [3.05, 3.63) is 159 Å². The van der Waals surface area contributed by atoms with Gasteiger partial charge >= 0.3 is 0 Å². The molecule has 0 saturated carbocycles. The number of nitrogens with two attached hydrogens (primary N) is 1. The summed E-state index contributed by atoms with van der Waals surface area (Å²) in [5, 5.41) is 0. The molecule has 0 amide bonds. The lowest BCUT2D eigenvalue weighted by Crippen LogP contribution is -1.96. The van der Waals surface area contributed by atoms with Gasteiger partial charge in [0.2, 0.25) is 0 Å². The number of nitrogens with zero attached hydrogens (tertiary/aromatic N) is 2. The maximum Gasteiger partial charge on any atom is 0.160 e. The molecule has 216 valence electrons. The van der Waals surface area contributed by atoms with E-state index in [1.165, 1.54) is 23.8 Å². The first kappa shape index (κ1) is 29.4. The summed E-state index contributed by atoms with van der Waals surface area (Å²) < 4.78 is 2.45. The highest BCUT2D eigenvalue weighted by molar-refractivity contribution is 14.1. The van der Waals surface area contributed by atoms with Gasteiger partial charge in [0.1, 0.15) is 0 Å². The van der Waals surface area contributed by atoms with Crippen molar-refractivity contribution in [2.24, 2.45) is 0 Å². The van der Waals surface area contributed by atoms with Gasteiger partial charge in [0, 0.05) is 29.5 Å². The zero-order valence-corrected chi connectivity index (χ0v) is 28.5. The van der Waals surface area contributed by atoms with Gasteiger partial charge in [0.15, 0.2) is 5.82 Å². The highest BCUT2D eigenvalue weighted by atomic mass is 127. The minimum Gasteiger partial charge on any atom is -0.399 e. The fraction of sp³-hybridized carbons (Fsp3) is 0. The van der Waals surface area contributed by atoms with E-state index in [1.807, 2.05) is 24.3 Å². The van der Waals surface area contributed by atoms with Crippen molar-refractivity contribution >= 4 is 50.9 Å². The summed E-state index contributed by atoms with van der Waals surface area (Å²) in [6.45, 7) is 0. The van der Waals surface area contributed by atoms with Crippen molar-refractivity contribution in [1.29, 1.82) is 0 Å². The summed E-state index contributed by atoms with van der Waals surface area (Å²) in [6, 6.07) is 52.8. The number of anilines is 1. The van der Waals surface area contributed by atoms with Gasteiger partial charge in [-0.25, -0.2) is 9.97 Å². The van der Waals surface area contributed by atoms with Gasteiger partial charge in [0.05, 0.1) is 11.4 Å². The van der Waals surface area contributed by atoms with Crippen LogP contribution in [0.2, 0.25) is 0 Å². The number of hydrogen-bond donors (Lipinski definition) is 1. The molecule has 2 N–H and O–H groups in total. The molecule has 0 bridgehead atoms. The predicted molar refractivity (Wildman–Crippen MR) is 204 cm³/mol. The maximum absolute atomic E-state index is 5.90. The molecule has 1 aromatic heterocycles. The van der Waals surface area contributed by atoms with Gasteiger partial charge in [-0.2, -0.15) is 0 Å². The van der Waals surface area contributed by atoms with Crippen LogP contribution in [0.15, 0.2) is 152 Å². The maximum atomic E-state index is 5.90. The Balaban J connectivity index is 1.27. The van der Waals surface area contributed by atoms with Crippen LogP contribution in [0.25, 0.3) is 67.3 Å². The van der Waals surface area contributed by atoms with E-state index < -0.39 is 0 Å². The van der Waals surface area contributed by atoms with Crippen LogP contribution in [-0.2, 0) is 0 Å². The molecule has 45 heavy (non-hydrogen) atoms. The highest BCUT2D eigenvalue weighted by Gasteiger charge is 2.12. The average molecular weight is 803 g/mol. The predicted octanol–water partition coefficient (Wildman–Crippen LogP) is 11.3. The molecule has 0 fully saturated rings. The Morgan fingerprint density at radius 1 is 0.333 bits per heavy atom. The normalized spacial score (nSPS) is 11.0. The molecule has 5 heteroatoms.